The minimum atomic E-state index is -0.196. The molecule has 0 aliphatic carbocycles. The average molecular weight is 318 g/mol. The van der Waals surface area contributed by atoms with E-state index in [0.29, 0.717) is 6.54 Å². The second-order valence-electron chi connectivity index (χ2n) is 4.72. The molecule has 2 heterocycles. The minimum Gasteiger partial charge on any atom is -0.304 e. The molecule has 5 heteroatoms. The van der Waals surface area contributed by atoms with Crippen LogP contribution in [-0.2, 0) is 13.0 Å². The third kappa shape index (κ3) is 3.97. The number of halogens is 1. The van der Waals surface area contributed by atoms with Crippen molar-refractivity contribution in [2.45, 2.75) is 19.0 Å². The molecular weight excluding hydrogens is 303 g/mol. The predicted molar refractivity (Wildman–Crippen MR) is 86.1 cm³/mol. The van der Waals surface area contributed by atoms with Gasteiger partial charge in [0.1, 0.15) is 10.8 Å². The van der Waals surface area contributed by atoms with Crippen molar-refractivity contribution >= 4 is 22.7 Å². The summed E-state index contributed by atoms with van der Waals surface area (Å²) in [5.41, 5.74) is 0.947. The van der Waals surface area contributed by atoms with E-state index < -0.39 is 0 Å². The van der Waals surface area contributed by atoms with E-state index in [0.717, 1.165) is 17.0 Å². The van der Waals surface area contributed by atoms with Crippen molar-refractivity contribution in [2.24, 2.45) is 0 Å². The fourth-order valence-electron chi connectivity index (χ4n) is 2.17. The van der Waals surface area contributed by atoms with Crippen LogP contribution in [0, 0.1) is 5.82 Å². The van der Waals surface area contributed by atoms with Crippen molar-refractivity contribution in [2.75, 3.05) is 0 Å². The number of benzene rings is 1. The fraction of sp³-hybridized carbons (Fsp3) is 0.188. The lowest BCUT2D eigenvalue weighted by atomic mass is 10.1. The van der Waals surface area contributed by atoms with E-state index in [1.165, 1.54) is 10.9 Å². The molecule has 3 aromatic rings. The van der Waals surface area contributed by atoms with Gasteiger partial charge in [0.25, 0.3) is 0 Å². The van der Waals surface area contributed by atoms with Gasteiger partial charge in [-0.1, -0.05) is 18.2 Å². The van der Waals surface area contributed by atoms with E-state index in [1.54, 1.807) is 34.8 Å². The maximum atomic E-state index is 13.2. The molecule has 108 valence electrons. The van der Waals surface area contributed by atoms with Gasteiger partial charge in [-0.3, -0.25) is 0 Å². The van der Waals surface area contributed by atoms with Gasteiger partial charge in [-0.25, -0.2) is 9.37 Å². The monoisotopic (exact) mass is 318 g/mol. The quantitative estimate of drug-likeness (QED) is 0.728. The maximum Gasteiger partial charge on any atom is 0.123 e. The van der Waals surface area contributed by atoms with Gasteiger partial charge in [-0.05, 0) is 29.1 Å². The van der Waals surface area contributed by atoms with Crippen LogP contribution in [0.2, 0.25) is 0 Å². The van der Waals surface area contributed by atoms with Crippen LogP contribution in [0.1, 0.15) is 21.5 Å². The third-order valence-corrected chi connectivity index (χ3v) is 4.96. The summed E-state index contributed by atoms with van der Waals surface area (Å²) in [4.78, 5) is 5.73. The molecule has 0 fully saturated rings. The van der Waals surface area contributed by atoms with Crippen LogP contribution in [0.5, 0.6) is 0 Å². The van der Waals surface area contributed by atoms with Crippen molar-refractivity contribution in [3.8, 4) is 0 Å². The summed E-state index contributed by atoms with van der Waals surface area (Å²) in [6, 6.07) is 11.1. The van der Waals surface area contributed by atoms with E-state index in [9.17, 15) is 4.39 Å². The molecule has 1 N–H and O–H groups in total. The SMILES string of the molecule is Fc1cccc(CN[C@@H](Cc2cccs2)c2nccs2)c1. The zero-order chi connectivity index (χ0) is 14.5. The molecular formula is C16H15FN2S2. The summed E-state index contributed by atoms with van der Waals surface area (Å²) < 4.78 is 13.2. The summed E-state index contributed by atoms with van der Waals surface area (Å²) in [6.45, 7) is 0.632. The normalized spacial score (nSPS) is 12.4. The van der Waals surface area contributed by atoms with Crippen LogP contribution in [0.15, 0.2) is 53.4 Å². The highest BCUT2D eigenvalue weighted by molar-refractivity contribution is 7.10. The van der Waals surface area contributed by atoms with E-state index >= 15 is 0 Å². The Labute approximate surface area is 131 Å². The minimum absolute atomic E-state index is 0.159. The van der Waals surface area contributed by atoms with Crippen LogP contribution in [0.3, 0.4) is 0 Å². The van der Waals surface area contributed by atoms with Gasteiger partial charge in [0.2, 0.25) is 0 Å². The molecule has 0 amide bonds. The molecule has 0 aliphatic heterocycles. The summed E-state index contributed by atoms with van der Waals surface area (Å²) in [5, 5.41) is 8.63. The molecule has 1 aromatic carbocycles. The lowest BCUT2D eigenvalue weighted by Crippen LogP contribution is -2.22. The molecule has 0 saturated carbocycles. The Balaban J connectivity index is 1.70. The lowest BCUT2D eigenvalue weighted by Gasteiger charge is -2.16. The van der Waals surface area contributed by atoms with Gasteiger partial charge in [0.05, 0.1) is 6.04 Å². The molecule has 21 heavy (non-hydrogen) atoms. The second-order valence-corrected chi connectivity index (χ2v) is 6.68. The highest BCUT2D eigenvalue weighted by atomic mass is 32.1. The molecule has 2 nitrogen and oxygen atoms in total. The zero-order valence-electron chi connectivity index (χ0n) is 11.3. The smallest absolute Gasteiger partial charge is 0.123 e. The first-order valence-corrected chi connectivity index (χ1v) is 8.47. The largest absolute Gasteiger partial charge is 0.304 e. The first-order valence-electron chi connectivity index (χ1n) is 6.71. The van der Waals surface area contributed by atoms with Gasteiger partial charge in [0, 0.05) is 29.4 Å². The van der Waals surface area contributed by atoms with Gasteiger partial charge < -0.3 is 5.32 Å². The van der Waals surface area contributed by atoms with Crippen LogP contribution >= 0.6 is 22.7 Å². The van der Waals surface area contributed by atoms with E-state index in [1.807, 2.05) is 17.6 Å². The van der Waals surface area contributed by atoms with E-state index in [-0.39, 0.29) is 11.9 Å². The Morgan fingerprint density at radius 1 is 1.14 bits per heavy atom. The molecule has 0 aliphatic rings. The Morgan fingerprint density at radius 2 is 2.10 bits per heavy atom. The van der Waals surface area contributed by atoms with Gasteiger partial charge in [-0.15, -0.1) is 22.7 Å². The van der Waals surface area contributed by atoms with E-state index in [2.05, 4.69) is 27.8 Å². The molecule has 0 unspecified atom stereocenters. The number of thiophene rings is 1. The Morgan fingerprint density at radius 3 is 2.81 bits per heavy atom. The topological polar surface area (TPSA) is 24.9 Å². The first kappa shape index (κ1) is 14.4. The summed E-state index contributed by atoms with van der Waals surface area (Å²) in [7, 11) is 0. The number of rotatable bonds is 6. The molecule has 0 saturated heterocycles. The Hall–Kier alpha value is -1.56. The average Bonchev–Trinajstić information content (AvgIpc) is 3.16. The first-order chi connectivity index (χ1) is 10.3. The fourth-order valence-corrected chi connectivity index (χ4v) is 3.64. The van der Waals surface area contributed by atoms with Crippen LogP contribution in [0.4, 0.5) is 4.39 Å². The van der Waals surface area contributed by atoms with Gasteiger partial charge in [-0.2, -0.15) is 0 Å². The number of thiazole rings is 1. The number of hydrogen-bond acceptors (Lipinski definition) is 4. The molecule has 0 radical (unpaired) electrons. The molecule has 0 spiro atoms. The number of aromatic nitrogens is 1. The van der Waals surface area contributed by atoms with Crippen molar-refractivity contribution in [3.05, 3.63) is 74.6 Å². The summed E-state index contributed by atoms with van der Waals surface area (Å²) >= 11 is 3.40. The van der Waals surface area contributed by atoms with Crippen molar-refractivity contribution in [1.29, 1.82) is 0 Å². The maximum absolute atomic E-state index is 13.2. The summed E-state index contributed by atoms with van der Waals surface area (Å²) in [6.07, 6.45) is 2.73. The number of hydrogen-bond donors (Lipinski definition) is 1. The van der Waals surface area contributed by atoms with Crippen LogP contribution < -0.4 is 5.32 Å². The van der Waals surface area contributed by atoms with Crippen LogP contribution in [0.25, 0.3) is 0 Å². The number of nitrogens with one attached hydrogen (secondary N) is 1. The second kappa shape index (κ2) is 6.93. The zero-order valence-corrected chi connectivity index (χ0v) is 13.0. The van der Waals surface area contributed by atoms with Crippen molar-refractivity contribution < 1.29 is 4.39 Å². The highest BCUT2D eigenvalue weighted by Gasteiger charge is 2.15. The Kier molecular flexibility index (Phi) is 4.75. The van der Waals surface area contributed by atoms with Crippen molar-refractivity contribution in [3.63, 3.8) is 0 Å². The molecule has 3 rings (SSSR count). The predicted octanol–water partition coefficient (Wildman–Crippen LogP) is 4.42. The molecule has 1 atom stereocenters. The van der Waals surface area contributed by atoms with Gasteiger partial charge in [0.15, 0.2) is 0 Å². The lowest BCUT2D eigenvalue weighted by molar-refractivity contribution is 0.529. The van der Waals surface area contributed by atoms with Crippen LogP contribution in [-0.4, -0.2) is 4.98 Å². The Bertz CT molecular complexity index is 665. The summed E-state index contributed by atoms with van der Waals surface area (Å²) in [5.74, 6) is -0.196. The molecule has 0 bridgehead atoms. The molecule has 2 aromatic heterocycles. The van der Waals surface area contributed by atoms with E-state index in [4.69, 9.17) is 0 Å². The standard InChI is InChI=1S/C16H15FN2S2/c17-13-4-1-3-12(9-13)11-19-15(16-18-6-8-21-16)10-14-5-2-7-20-14/h1-9,15,19H,10-11H2/t15-/m0/s1. The highest BCUT2D eigenvalue weighted by Crippen LogP contribution is 2.23. The number of nitrogens with zero attached hydrogens (tertiary/aromatic N) is 1. The third-order valence-electron chi connectivity index (χ3n) is 3.18. The van der Waals surface area contributed by atoms with Crippen molar-refractivity contribution in [1.82, 2.24) is 10.3 Å². The van der Waals surface area contributed by atoms with Gasteiger partial charge >= 0.3 is 0 Å².